The van der Waals surface area contributed by atoms with E-state index in [-0.39, 0.29) is 28.4 Å². The van der Waals surface area contributed by atoms with E-state index in [9.17, 15) is 9.59 Å². The number of carbonyl (C=O) groups excluding carboxylic acids is 2. The lowest BCUT2D eigenvalue weighted by atomic mass is 9.87. The van der Waals surface area contributed by atoms with Crippen molar-refractivity contribution in [3.8, 4) is 0 Å². The number of thiocarbonyl (C=S) groups is 1. The highest BCUT2D eigenvalue weighted by molar-refractivity contribution is 7.80. The lowest BCUT2D eigenvalue weighted by Crippen LogP contribution is -2.36. The predicted molar refractivity (Wildman–Crippen MR) is 122 cm³/mol. The zero-order chi connectivity index (χ0) is 21.6. The molecule has 3 N–H and O–H groups in total. The van der Waals surface area contributed by atoms with Crippen LogP contribution in [0.2, 0.25) is 0 Å². The van der Waals surface area contributed by atoms with Crippen LogP contribution in [0.4, 0.5) is 5.69 Å². The Bertz CT molecular complexity index is 886. The van der Waals surface area contributed by atoms with Gasteiger partial charge in [-0.3, -0.25) is 14.9 Å². The third kappa shape index (κ3) is 6.39. The van der Waals surface area contributed by atoms with Gasteiger partial charge in [0.25, 0.3) is 11.8 Å². The summed E-state index contributed by atoms with van der Waals surface area (Å²) in [5.41, 5.74) is 2.70. The van der Waals surface area contributed by atoms with Gasteiger partial charge in [0, 0.05) is 11.6 Å². The molecule has 0 aliphatic carbocycles. The number of hydrogen-bond acceptors (Lipinski definition) is 3. The van der Waals surface area contributed by atoms with Crippen molar-refractivity contribution in [2.75, 3.05) is 5.32 Å². The molecule has 0 bridgehead atoms. The van der Waals surface area contributed by atoms with E-state index in [1.807, 2.05) is 26.0 Å². The summed E-state index contributed by atoms with van der Waals surface area (Å²) < 4.78 is 0. The van der Waals surface area contributed by atoms with Crippen molar-refractivity contribution in [1.29, 1.82) is 0 Å². The van der Waals surface area contributed by atoms with Crippen LogP contribution < -0.4 is 16.0 Å². The summed E-state index contributed by atoms with van der Waals surface area (Å²) >= 11 is 5.28. The number of nitrogens with one attached hydrogen (secondary N) is 3. The Labute approximate surface area is 178 Å². The van der Waals surface area contributed by atoms with Crippen LogP contribution in [0, 0.1) is 0 Å². The topological polar surface area (TPSA) is 70.2 Å². The molecule has 2 aromatic carbocycles. The molecule has 0 saturated carbocycles. The predicted octanol–water partition coefficient (Wildman–Crippen LogP) is 4.64. The maximum atomic E-state index is 12.5. The molecule has 154 valence electrons. The van der Waals surface area contributed by atoms with Crippen molar-refractivity contribution >= 4 is 34.8 Å². The smallest absolute Gasteiger partial charge is 0.257 e. The van der Waals surface area contributed by atoms with Crippen LogP contribution >= 0.6 is 12.2 Å². The first-order valence-corrected chi connectivity index (χ1v) is 10.2. The molecule has 0 saturated heterocycles. The van der Waals surface area contributed by atoms with Crippen molar-refractivity contribution in [3.05, 3.63) is 65.2 Å². The van der Waals surface area contributed by atoms with Crippen molar-refractivity contribution < 1.29 is 9.59 Å². The van der Waals surface area contributed by atoms with Gasteiger partial charge in [-0.05, 0) is 60.8 Å². The molecule has 1 atom stereocenters. The molecule has 0 spiro atoms. The van der Waals surface area contributed by atoms with Crippen molar-refractivity contribution in [2.24, 2.45) is 0 Å². The van der Waals surface area contributed by atoms with E-state index in [2.05, 4.69) is 36.7 Å². The van der Waals surface area contributed by atoms with Gasteiger partial charge in [-0.15, -0.1) is 0 Å². The summed E-state index contributed by atoms with van der Waals surface area (Å²) in [6.45, 7) is 10.3. The highest BCUT2D eigenvalue weighted by Crippen LogP contribution is 2.22. The molecule has 2 aromatic rings. The normalized spacial score (nSPS) is 12.0. The SMILES string of the molecule is CCC(C)NC(=O)c1ccccc1NC(=S)NC(=O)c1ccc(C(C)(C)C)cc1. The highest BCUT2D eigenvalue weighted by Gasteiger charge is 2.16. The number of rotatable bonds is 5. The minimum atomic E-state index is -0.301. The van der Waals surface area contributed by atoms with Gasteiger partial charge in [0.05, 0.1) is 11.3 Å². The van der Waals surface area contributed by atoms with Gasteiger partial charge in [0.2, 0.25) is 0 Å². The van der Waals surface area contributed by atoms with Gasteiger partial charge in [-0.25, -0.2) is 0 Å². The minimum absolute atomic E-state index is 0.0193. The van der Waals surface area contributed by atoms with Crippen LogP contribution in [0.1, 0.15) is 67.3 Å². The van der Waals surface area contributed by atoms with E-state index in [1.165, 1.54) is 0 Å². The average Bonchev–Trinajstić information content (AvgIpc) is 2.67. The average molecular weight is 412 g/mol. The molecule has 2 amide bonds. The molecular formula is C23H29N3O2S. The second-order valence-corrected chi connectivity index (χ2v) is 8.47. The highest BCUT2D eigenvalue weighted by atomic mass is 32.1. The Morgan fingerprint density at radius 2 is 1.62 bits per heavy atom. The largest absolute Gasteiger partial charge is 0.350 e. The van der Waals surface area contributed by atoms with E-state index >= 15 is 0 Å². The summed E-state index contributed by atoms with van der Waals surface area (Å²) in [7, 11) is 0. The van der Waals surface area contributed by atoms with Crippen molar-refractivity contribution in [1.82, 2.24) is 10.6 Å². The molecule has 2 rings (SSSR count). The first-order valence-electron chi connectivity index (χ1n) is 9.74. The van der Waals surface area contributed by atoms with E-state index in [1.54, 1.807) is 36.4 Å². The molecule has 6 heteroatoms. The standard InChI is InChI=1S/C23H29N3O2S/c1-6-15(2)24-21(28)18-9-7-8-10-19(18)25-22(29)26-20(27)16-11-13-17(14-12-16)23(3,4)5/h7-15H,6H2,1-5H3,(H,24,28)(H2,25,26,27,29). The monoisotopic (exact) mass is 411 g/mol. The Hall–Kier alpha value is -2.73. The van der Waals surface area contributed by atoms with Crippen LogP contribution in [0.25, 0.3) is 0 Å². The lowest BCUT2D eigenvalue weighted by Gasteiger charge is -2.19. The maximum Gasteiger partial charge on any atom is 0.257 e. The van der Waals surface area contributed by atoms with Crippen molar-refractivity contribution in [2.45, 2.75) is 52.5 Å². The molecule has 0 aliphatic heterocycles. The third-order valence-corrected chi connectivity index (χ3v) is 4.85. The summed E-state index contributed by atoms with van der Waals surface area (Å²) in [6, 6.07) is 14.6. The van der Waals surface area contributed by atoms with Gasteiger partial charge in [-0.1, -0.05) is 52.0 Å². The molecule has 0 aromatic heterocycles. The number of carbonyl (C=O) groups is 2. The molecule has 0 heterocycles. The minimum Gasteiger partial charge on any atom is -0.350 e. The van der Waals surface area contributed by atoms with Crippen LogP contribution in [-0.4, -0.2) is 23.0 Å². The van der Waals surface area contributed by atoms with Crippen molar-refractivity contribution in [3.63, 3.8) is 0 Å². The molecule has 0 aliphatic rings. The van der Waals surface area contributed by atoms with Crippen LogP contribution in [0.3, 0.4) is 0 Å². The summed E-state index contributed by atoms with van der Waals surface area (Å²) in [4.78, 5) is 25.0. The molecular weight excluding hydrogens is 382 g/mol. The van der Waals surface area contributed by atoms with Crippen LogP contribution in [-0.2, 0) is 5.41 Å². The van der Waals surface area contributed by atoms with E-state index in [4.69, 9.17) is 12.2 Å². The summed E-state index contributed by atoms with van der Waals surface area (Å²) in [5, 5.41) is 8.70. The lowest BCUT2D eigenvalue weighted by molar-refractivity contribution is 0.0938. The fourth-order valence-electron chi connectivity index (χ4n) is 2.64. The van der Waals surface area contributed by atoms with E-state index in [0.29, 0.717) is 16.8 Å². The van der Waals surface area contributed by atoms with Gasteiger partial charge < -0.3 is 10.6 Å². The molecule has 1 unspecified atom stereocenters. The number of anilines is 1. The zero-order valence-electron chi connectivity index (χ0n) is 17.6. The van der Waals surface area contributed by atoms with Gasteiger partial charge in [0.15, 0.2) is 5.11 Å². The number of para-hydroxylation sites is 1. The van der Waals surface area contributed by atoms with E-state index in [0.717, 1.165) is 12.0 Å². The summed E-state index contributed by atoms with van der Waals surface area (Å²) in [5.74, 6) is -0.487. The number of hydrogen-bond donors (Lipinski definition) is 3. The second-order valence-electron chi connectivity index (χ2n) is 8.06. The Balaban J connectivity index is 2.06. The van der Waals surface area contributed by atoms with E-state index < -0.39 is 0 Å². The maximum absolute atomic E-state index is 12.5. The van der Waals surface area contributed by atoms with Gasteiger partial charge in [0.1, 0.15) is 0 Å². The molecule has 29 heavy (non-hydrogen) atoms. The Morgan fingerprint density at radius 3 is 2.21 bits per heavy atom. The van der Waals surface area contributed by atoms with Crippen LogP contribution in [0.15, 0.2) is 48.5 Å². The second kappa shape index (κ2) is 9.65. The Kier molecular flexibility index (Phi) is 7.51. The molecule has 0 fully saturated rings. The quantitative estimate of drug-likeness (QED) is 0.627. The van der Waals surface area contributed by atoms with Gasteiger partial charge >= 0.3 is 0 Å². The molecule has 5 nitrogen and oxygen atoms in total. The molecule has 0 radical (unpaired) electrons. The first kappa shape index (κ1) is 22.6. The summed E-state index contributed by atoms with van der Waals surface area (Å²) in [6.07, 6.45) is 0.837. The fraction of sp³-hybridized carbons (Fsp3) is 0.348. The fourth-order valence-corrected chi connectivity index (χ4v) is 2.85. The number of amides is 2. The number of benzene rings is 2. The van der Waals surface area contributed by atoms with Crippen LogP contribution in [0.5, 0.6) is 0 Å². The zero-order valence-corrected chi connectivity index (χ0v) is 18.4. The third-order valence-electron chi connectivity index (χ3n) is 4.65. The Morgan fingerprint density at radius 1 is 1.00 bits per heavy atom. The first-order chi connectivity index (χ1) is 13.6. The van der Waals surface area contributed by atoms with Gasteiger partial charge in [-0.2, -0.15) is 0 Å².